The fourth-order valence-corrected chi connectivity index (χ4v) is 2.57. The summed E-state index contributed by atoms with van der Waals surface area (Å²) in [6.45, 7) is 2.12. The zero-order valence-corrected chi connectivity index (χ0v) is 12.8. The Morgan fingerprint density at radius 2 is 1.60 bits per heavy atom. The van der Waals surface area contributed by atoms with Gasteiger partial charge in [-0.15, -0.1) is 11.6 Å². The maximum atomic E-state index is 6.61. The first-order valence-corrected chi connectivity index (χ1v) is 7.13. The second kappa shape index (κ2) is 6.67. The molecule has 0 N–H and O–H groups in total. The van der Waals surface area contributed by atoms with Crippen LogP contribution in [0.25, 0.3) is 0 Å². The van der Waals surface area contributed by atoms with Gasteiger partial charge in [-0.1, -0.05) is 42.5 Å². The minimum absolute atomic E-state index is 0.0777. The highest BCUT2D eigenvalue weighted by atomic mass is 35.5. The van der Waals surface area contributed by atoms with Crippen molar-refractivity contribution in [3.05, 3.63) is 60.2 Å². The van der Waals surface area contributed by atoms with Crippen LogP contribution in [0.4, 0.5) is 5.69 Å². The van der Waals surface area contributed by atoms with Gasteiger partial charge in [0.25, 0.3) is 0 Å². The van der Waals surface area contributed by atoms with E-state index in [0.717, 1.165) is 17.0 Å². The van der Waals surface area contributed by atoms with Crippen molar-refractivity contribution in [3.63, 3.8) is 0 Å². The van der Waals surface area contributed by atoms with Crippen molar-refractivity contribution in [2.24, 2.45) is 0 Å². The molecule has 0 fully saturated rings. The SMILES string of the molecule is COc1ccccc1N(C)C(C)[C@@H](Cl)c1ccccc1. The molecule has 0 amide bonds. The van der Waals surface area contributed by atoms with Crippen LogP contribution in [-0.4, -0.2) is 20.2 Å². The largest absolute Gasteiger partial charge is 0.495 e. The normalized spacial score (nSPS) is 13.6. The van der Waals surface area contributed by atoms with Gasteiger partial charge in [0.2, 0.25) is 0 Å². The Morgan fingerprint density at radius 3 is 2.25 bits per heavy atom. The average molecular weight is 290 g/mol. The summed E-state index contributed by atoms with van der Waals surface area (Å²) < 4.78 is 5.42. The van der Waals surface area contributed by atoms with Gasteiger partial charge in [-0.05, 0) is 24.6 Å². The van der Waals surface area contributed by atoms with Crippen molar-refractivity contribution in [3.8, 4) is 5.75 Å². The average Bonchev–Trinajstić information content (AvgIpc) is 2.53. The number of hydrogen-bond acceptors (Lipinski definition) is 2. The highest BCUT2D eigenvalue weighted by Crippen LogP contribution is 2.33. The minimum Gasteiger partial charge on any atom is -0.495 e. The number of alkyl halides is 1. The van der Waals surface area contributed by atoms with Gasteiger partial charge in [-0.3, -0.25) is 0 Å². The van der Waals surface area contributed by atoms with E-state index in [1.807, 2.05) is 49.5 Å². The van der Waals surface area contributed by atoms with Gasteiger partial charge < -0.3 is 9.64 Å². The molecule has 2 aromatic carbocycles. The molecule has 0 saturated heterocycles. The molecule has 2 atom stereocenters. The summed E-state index contributed by atoms with van der Waals surface area (Å²) in [5.74, 6) is 0.860. The van der Waals surface area contributed by atoms with Crippen LogP contribution in [0.3, 0.4) is 0 Å². The zero-order chi connectivity index (χ0) is 14.5. The molecule has 0 saturated carbocycles. The van der Waals surface area contributed by atoms with E-state index in [4.69, 9.17) is 16.3 Å². The van der Waals surface area contributed by atoms with Crippen molar-refractivity contribution in [1.29, 1.82) is 0 Å². The van der Waals surface area contributed by atoms with E-state index >= 15 is 0 Å². The standard InChI is InChI=1S/C17H20ClNO/c1-13(17(18)14-9-5-4-6-10-14)19(2)15-11-7-8-12-16(15)20-3/h4-13,17H,1-3H3/t13?,17-/m1/s1. The van der Waals surface area contributed by atoms with Crippen LogP contribution in [0.2, 0.25) is 0 Å². The fourth-order valence-electron chi connectivity index (χ4n) is 2.25. The van der Waals surface area contributed by atoms with Gasteiger partial charge in [0.1, 0.15) is 5.75 Å². The molecule has 3 heteroatoms. The molecule has 0 bridgehead atoms. The van der Waals surface area contributed by atoms with E-state index in [9.17, 15) is 0 Å². The van der Waals surface area contributed by atoms with Crippen LogP contribution < -0.4 is 9.64 Å². The summed E-state index contributed by atoms with van der Waals surface area (Å²) >= 11 is 6.61. The molecule has 106 valence electrons. The highest BCUT2D eigenvalue weighted by Gasteiger charge is 2.22. The monoisotopic (exact) mass is 289 g/mol. The summed E-state index contributed by atoms with van der Waals surface area (Å²) in [7, 11) is 3.73. The maximum Gasteiger partial charge on any atom is 0.142 e. The number of likely N-dealkylation sites (N-methyl/N-ethyl adjacent to an activating group) is 1. The van der Waals surface area contributed by atoms with Crippen molar-refractivity contribution in [1.82, 2.24) is 0 Å². The van der Waals surface area contributed by atoms with Crippen molar-refractivity contribution >= 4 is 17.3 Å². The van der Waals surface area contributed by atoms with Crippen LogP contribution in [0.15, 0.2) is 54.6 Å². The molecule has 0 spiro atoms. The molecule has 1 unspecified atom stereocenters. The molecule has 20 heavy (non-hydrogen) atoms. The Labute approximate surface area is 125 Å². The van der Waals surface area contributed by atoms with Gasteiger partial charge in [-0.2, -0.15) is 0 Å². The number of benzene rings is 2. The highest BCUT2D eigenvalue weighted by molar-refractivity contribution is 6.21. The van der Waals surface area contributed by atoms with Crippen LogP contribution in [0, 0.1) is 0 Å². The van der Waals surface area contributed by atoms with E-state index in [-0.39, 0.29) is 11.4 Å². The lowest BCUT2D eigenvalue weighted by molar-refractivity contribution is 0.413. The summed E-state index contributed by atoms with van der Waals surface area (Å²) in [4.78, 5) is 2.16. The first kappa shape index (κ1) is 14.7. The Morgan fingerprint density at radius 1 is 1.00 bits per heavy atom. The number of nitrogens with zero attached hydrogens (tertiary/aromatic N) is 1. The molecule has 2 aromatic rings. The van der Waals surface area contributed by atoms with Crippen LogP contribution in [-0.2, 0) is 0 Å². The maximum absolute atomic E-state index is 6.61. The van der Waals surface area contributed by atoms with Gasteiger partial charge in [0.05, 0.1) is 18.2 Å². The molecule has 0 aliphatic rings. The number of anilines is 1. The quantitative estimate of drug-likeness (QED) is 0.752. The van der Waals surface area contributed by atoms with Crippen LogP contribution in [0.1, 0.15) is 17.9 Å². The van der Waals surface area contributed by atoms with Gasteiger partial charge in [0, 0.05) is 13.1 Å². The van der Waals surface area contributed by atoms with Crippen LogP contribution >= 0.6 is 11.6 Å². The van der Waals surface area contributed by atoms with E-state index in [0.29, 0.717) is 0 Å². The third-order valence-corrected chi connectivity index (χ3v) is 4.23. The second-order valence-corrected chi connectivity index (χ2v) is 5.31. The predicted octanol–water partition coefficient (Wildman–Crippen LogP) is 4.50. The summed E-state index contributed by atoms with van der Waals surface area (Å²) in [5, 5.41) is -0.0777. The molecule has 2 nitrogen and oxygen atoms in total. The third kappa shape index (κ3) is 3.07. The Hall–Kier alpha value is -1.67. The number of rotatable bonds is 5. The first-order chi connectivity index (χ1) is 9.65. The molecule has 0 aliphatic heterocycles. The Balaban J connectivity index is 2.22. The molecule has 0 aliphatic carbocycles. The molecular weight excluding hydrogens is 270 g/mol. The van der Waals surface area contributed by atoms with E-state index < -0.39 is 0 Å². The topological polar surface area (TPSA) is 12.5 Å². The lowest BCUT2D eigenvalue weighted by Gasteiger charge is -2.31. The molecule has 0 aromatic heterocycles. The number of methoxy groups -OCH3 is 1. The lowest BCUT2D eigenvalue weighted by atomic mass is 10.0. The van der Waals surface area contributed by atoms with E-state index in [1.54, 1.807) is 7.11 Å². The molecule has 0 radical (unpaired) electrons. The van der Waals surface area contributed by atoms with E-state index in [2.05, 4.69) is 24.0 Å². The molecule has 2 rings (SSSR count). The zero-order valence-electron chi connectivity index (χ0n) is 12.1. The van der Waals surface area contributed by atoms with Crippen molar-refractivity contribution in [2.75, 3.05) is 19.1 Å². The number of halogens is 1. The number of para-hydroxylation sites is 2. The summed E-state index contributed by atoms with van der Waals surface area (Å²) in [6.07, 6.45) is 0. The third-order valence-electron chi connectivity index (χ3n) is 3.62. The van der Waals surface area contributed by atoms with Gasteiger partial charge >= 0.3 is 0 Å². The molecule has 0 heterocycles. The molecular formula is C17H20ClNO. The van der Waals surface area contributed by atoms with Gasteiger partial charge in [0.15, 0.2) is 0 Å². The summed E-state index contributed by atoms with van der Waals surface area (Å²) in [6, 6.07) is 18.3. The van der Waals surface area contributed by atoms with Crippen LogP contribution in [0.5, 0.6) is 5.75 Å². The Bertz CT molecular complexity index is 544. The van der Waals surface area contributed by atoms with E-state index in [1.165, 1.54) is 0 Å². The van der Waals surface area contributed by atoms with Crippen molar-refractivity contribution < 1.29 is 4.74 Å². The fraction of sp³-hybridized carbons (Fsp3) is 0.294. The Kier molecular flexibility index (Phi) is 4.91. The second-order valence-electron chi connectivity index (χ2n) is 4.84. The van der Waals surface area contributed by atoms with Crippen molar-refractivity contribution in [2.45, 2.75) is 18.3 Å². The first-order valence-electron chi connectivity index (χ1n) is 6.70. The summed E-state index contributed by atoms with van der Waals surface area (Å²) in [5.41, 5.74) is 2.17. The number of hydrogen-bond donors (Lipinski definition) is 0. The lowest BCUT2D eigenvalue weighted by Crippen LogP contribution is -2.32. The smallest absolute Gasteiger partial charge is 0.142 e. The van der Waals surface area contributed by atoms with Gasteiger partial charge in [-0.25, -0.2) is 0 Å². The minimum atomic E-state index is -0.0777. The number of ether oxygens (including phenoxy) is 1. The predicted molar refractivity (Wildman–Crippen MR) is 85.9 cm³/mol.